The zero-order chi connectivity index (χ0) is 18.1. The summed E-state index contributed by atoms with van der Waals surface area (Å²) in [6.07, 6.45) is 0. The van der Waals surface area contributed by atoms with Gasteiger partial charge in [-0.15, -0.1) is 0 Å². The SMILES string of the molecule is C=C1S[C@@H]2C(NC(=O)COc3ccccc3)C(=O)N2C(C(=O)O)=C1C. The Morgan fingerprint density at radius 1 is 1.36 bits per heavy atom. The van der Waals surface area contributed by atoms with Gasteiger partial charge in [-0.05, 0) is 24.6 Å². The van der Waals surface area contributed by atoms with Crippen molar-refractivity contribution in [3.05, 3.63) is 53.1 Å². The highest BCUT2D eigenvalue weighted by atomic mass is 32.2. The molecule has 2 heterocycles. The van der Waals surface area contributed by atoms with Crippen molar-refractivity contribution in [3.8, 4) is 5.75 Å². The molecule has 2 aliphatic heterocycles. The summed E-state index contributed by atoms with van der Waals surface area (Å²) < 4.78 is 5.34. The molecule has 0 spiro atoms. The van der Waals surface area contributed by atoms with Gasteiger partial charge in [0.15, 0.2) is 6.61 Å². The van der Waals surface area contributed by atoms with E-state index in [0.717, 1.165) is 0 Å². The zero-order valence-corrected chi connectivity index (χ0v) is 14.2. The van der Waals surface area contributed by atoms with E-state index >= 15 is 0 Å². The van der Waals surface area contributed by atoms with Crippen molar-refractivity contribution in [1.29, 1.82) is 0 Å². The highest BCUT2D eigenvalue weighted by molar-refractivity contribution is 8.04. The van der Waals surface area contributed by atoms with Crippen LogP contribution in [0.15, 0.2) is 53.1 Å². The number of amides is 2. The van der Waals surface area contributed by atoms with Crippen LogP contribution >= 0.6 is 11.8 Å². The summed E-state index contributed by atoms with van der Waals surface area (Å²) >= 11 is 1.27. The number of β-lactam (4-membered cyclic amide) rings is 1. The number of fused-ring (bicyclic) bond motifs is 1. The maximum absolute atomic E-state index is 12.3. The van der Waals surface area contributed by atoms with Crippen LogP contribution in [0.4, 0.5) is 0 Å². The van der Waals surface area contributed by atoms with Gasteiger partial charge in [-0.1, -0.05) is 36.5 Å². The number of ether oxygens (including phenoxy) is 1. The maximum Gasteiger partial charge on any atom is 0.352 e. The number of rotatable bonds is 5. The van der Waals surface area contributed by atoms with Gasteiger partial charge in [-0.3, -0.25) is 14.5 Å². The molecule has 3 rings (SSSR count). The number of nitrogens with zero attached hydrogens (tertiary/aromatic N) is 1. The van der Waals surface area contributed by atoms with Crippen molar-refractivity contribution < 1.29 is 24.2 Å². The fourth-order valence-corrected chi connectivity index (χ4v) is 3.85. The van der Waals surface area contributed by atoms with Gasteiger partial charge in [0, 0.05) is 4.91 Å². The van der Waals surface area contributed by atoms with E-state index in [2.05, 4.69) is 11.9 Å². The monoisotopic (exact) mass is 360 g/mol. The van der Waals surface area contributed by atoms with Crippen LogP contribution in [-0.2, 0) is 14.4 Å². The van der Waals surface area contributed by atoms with Gasteiger partial charge >= 0.3 is 5.97 Å². The summed E-state index contributed by atoms with van der Waals surface area (Å²) in [6.45, 7) is 5.21. The Morgan fingerprint density at radius 2 is 2.04 bits per heavy atom. The van der Waals surface area contributed by atoms with Gasteiger partial charge in [0.1, 0.15) is 22.9 Å². The fourth-order valence-electron chi connectivity index (χ4n) is 2.65. The van der Waals surface area contributed by atoms with Gasteiger partial charge in [0.25, 0.3) is 11.8 Å². The number of hydrogen-bond donors (Lipinski definition) is 2. The number of carbonyl (C=O) groups is 3. The highest BCUT2D eigenvalue weighted by Gasteiger charge is 2.54. The lowest BCUT2D eigenvalue weighted by Gasteiger charge is -2.49. The molecule has 2 amide bonds. The molecule has 1 fully saturated rings. The molecule has 0 aliphatic carbocycles. The second kappa shape index (κ2) is 6.64. The fraction of sp³-hybridized carbons (Fsp3) is 0.235. The van der Waals surface area contributed by atoms with Gasteiger partial charge in [0.05, 0.1) is 0 Å². The summed E-state index contributed by atoms with van der Waals surface area (Å²) in [5.74, 6) is -1.54. The molecular weight excluding hydrogens is 344 g/mol. The van der Waals surface area contributed by atoms with E-state index in [4.69, 9.17) is 4.74 Å². The normalized spacial score (nSPS) is 22.2. The first-order valence-corrected chi connectivity index (χ1v) is 8.38. The molecule has 1 aromatic carbocycles. The van der Waals surface area contributed by atoms with Crippen LogP contribution in [0.25, 0.3) is 0 Å². The molecule has 2 N–H and O–H groups in total. The molecule has 1 aromatic rings. The van der Waals surface area contributed by atoms with Crippen molar-refractivity contribution in [2.24, 2.45) is 0 Å². The molecule has 2 aliphatic rings. The Hall–Kier alpha value is -2.74. The molecule has 0 bridgehead atoms. The second-order valence-corrected chi connectivity index (χ2v) is 6.78. The lowest BCUT2D eigenvalue weighted by Crippen LogP contribution is -2.70. The van der Waals surface area contributed by atoms with Crippen LogP contribution in [-0.4, -0.2) is 45.8 Å². The minimum absolute atomic E-state index is 0.0789. The third-order valence-corrected chi connectivity index (χ3v) is 5.27. The summed E-state index contributed by atoms with van der Waals surface area (Å²) in [6, 6.07) is 8.04. The molecular formula is C17H16N2O5S. The number of aliphatic carboxylic acids is 1. The number of carbonyl (C=O) groups excluding carboxylic acids is 2. The van der Waals surface area contributed by atoms with Crippen molar-refractivity contribution >= 4 is 29.5 Å². The third kappa shape index (κ3) is 3.12. The first-order valence-electron chi connectivity index (χ1n) is 7.50. The minimum Gasteiger partial charge on any atom is -0.484 e. The molecule has 0 radical (unpaired) electrons. The Kier molecular flexibility index (Phi) is 4.54. The molecule has 1 saturated heterocycles. The average molecular weight is 360 g/mol. The largest absolute Gasteiger partial charge is 0.484 e. The molecule has 1 unspecified atom stereocenters. The predicted molar refractivity (Wildman–Crippen MR) is 91.6 cm³/mol. The number of carboxylic acids is 1. The number of nitrogens with one attached hydrogen (secondary N) is 1. The lowest BCUT2D eigenvalue weighted by atomic mass is 10.0. The first kappa shape index (κ1) is 17.1. The van der Waals surface area contributed by atoms with E-state index in [-0.39, 0.29) is 12.3 Å². The Bertz CT molecular complexity index is 789. The minimum atomic E-state index is -1.19. The third-order valence-electron chi connectivity index (χ3n) is 3.95. The van der Waals surface area contributed by atoms with E-state index in [0.29, 0.717) is 16.2 Å². The number of carboxylic acid groups (broad SMARTS) is 1. The summed E-state index contributed by atoms with van der Waals surface area (Å²) in [4.78, 5) is 37.5. The highest BCUT2D eigenvalue weighted by Crippen LogP contribution is 2.45. The molecule has 2 atom stereocenters. The Balaban J connectivity index is 1.64. The van der Waals surface area contributed by atoms with Gasteiger partial charge < -0.3 is 15.2 Å². The van der Waals surface area contributed by atoms with E-state index in [1.54, 1.807) is 31.2 Å². The maximum atomic E-state index is 12.3. The van der Waals surface area contributed by atoms with Crippen LogP contribution in [0.1, 0.15) is 6.92 Å². The van der Waals surface area contributed by atoms with E-state index in [9.17, 15) is 19.5 Å². The molecule has 130 valence electrons. The topological polar surface area (TPSA) is 95.9 Å². The number of thioether (sulfide) groups is 1. The standard InChI is InChI=1S/C17H16N2O5S/c1-9-10(2)25-16-13(15(21)19(16)14(9)17(22)23)18-12(20)8-24-11-6-4-3-5-7-11/h3-7,13,16H,2,8H2,1H3,(H,18,20)(H,22,23)/t13?,16-/m1/s1. The first-order chi connectivity index (χ1) is 11.9. The quantitative estimate of drug-likeness (QED) is 0.770. The summed E-state index contributed by atoms with van der Waals surface area (Å²) in [7, 11) is 0. The smallest absolute Gasteiger partial charge is 0.352 e. The molecule has 0 aromatic heterocycles. The zero-order valence-electron chi connectivity index (χ0n) is 13.4. The van der Waals surface area contributed by atoms with Crippen molar-refractivity contribution in [2.75, 3.05) is 6.61 Å². The van der Waals surface area contributed by atoms with Gasteiger partial charge in [-0.2, -0.15) is 0 Å². The Morgan fingerprint density at radius 3 is 2.68 bits per heavy atom. The van der Waals surface area contributed by atoms with Crippen LogP contribution < -0.4 is 10.1 Å². The van der Waals surface area contributed by atoms with Gasteiger partial charge in [0.2, 0.25) is 0 Å². The second-order valence-electron chi connectivity index (χ2n) is 5.57. The Labute approximate surface area is 148 Å². The average Bonchev–Trinajstić information content (AvgIpc) is 2.60. The predicted octanol–water partition coefficient (Wildman–Crippen LogP) is 1.34. The van der Waals surface area contributed by atoms with Crippen LogP contribution in [0.5, 0.6) is 5.75 Å². The van der Waals surface area contributed by atoms with Crippen LogP contribution in [0.2, 0.25) is 0 Å². The number of hydrogen-bond acceptors (Lipinski definition) is 5. The lowest BCUT2D eigenvalue weighted by molar-refractivity contribution is -0.150. The number of benzene rings is 1. The van der Waals surface area contributed by atoms with Crippen molar-refractivity contribution in [1.82, 2.24) is 10.2 Å². The molecule has 25 heavy (non-hydrogen) atoms. The molecule has 0 saturated carbocycles. The van der Waals surface area contributed by atoms with E-state index < -0.39 is 29.2 Å². The van der Waals surface area contributed by atoms with Crippen LogP contribution in [0.3, 0.4) is 0 Å². The number of para-hydroxylation sites is 1. The van der Waals surface area contributed by atoms with E-state index in [1.165, 1.54) is 16.7 Å². The molecule has 8 heteroatoms. The van der Waals surface area contributed by atoms with Crippen molar-refractivity contribution in [2.45, 2.75) is 18.3 Å². The van der Waals surface area contributed by atoms with Gasteiger partial charge in [-0.25, -0.2) is 4.79 Å². The number of allylic oxidation sites excluding steroid dienone is 1. The molecule has 7 nitrogen and oxygen atoms in total. The summed E-state index contributed by atoms with van der Waals surface area (Å²) in [5, 5.41) is 11.4. The van der Waals surface area contributed by atoms with E-state index in [1.807, 2.05) is 6.07 Å². The summed E-state index contributed by atoms with van der Waals surface area (Å²) in [5.41, 5.74) is 0.379. The van der Waals surface area contributed by atoms with Crippen LogP contribution in [0, 0.1) is 0 Å². The van der Waals surface area contributed by atoms with Crippen molar-refractivity contribution in [3.63, 3.8) is 0 Å².